The summed E-state index contributed by atoms with van der Waals surface area (Å²) in [6.45, 7) is 16.3. The third kappa shape index (κ3) is 9.69. The molecule has 0 aromatic heterocycles. The van der Waals surface area contributed by atoms with E-state index in [1.54, 1.807) is 0 Å². The highest BCUT2D eigenvalue weighted by Gasteiger charge is 2.12. The first-order valence-corrected chi connectivity index (χ1v) is 8.31. The average Bonchev–Trinajstić information content (AvgIpc) is 2.43. The molecule has 0 saturated carbocycles. The van der Waals surface area contributed by atoms with Crippen LogP contribution in [0.5, 0.6) is 0 Å². The Bertz CT molecular complexity index is 268. The number of nitrogens with zero attached hydrogens (tertiary/aromatic N) is 3. The fraction of sp³-hybridized carbons (Fsp3) is 0.938. The van der Waals surface area contributed by atoms with E-state index in [-0.39, 0.29) is 0 Å². The van der Waals surface area contributed by atoms with Gasteiger partial charge >= 0.3 is 0 Å². The van der Waals surface area contributed by atoms with Gasteiger partial charge in [-0.3, -0.25) is 9.89 Å². The van der Waals surface area contributed by atoms with Gasteiger partial charge in [-0.2, -0.15) is 0 Å². The largest absolute Gasteiger partial charge is 0.356 e. The standard InChI is InChI=1S/C16H37N5/c1-8-20(7)13-11-19-16(17-6)18-10-9-12-21(14(2)3)15(4)5/h14-15H,8-13H2,1-7H3,(H2,17,18,19). The predicted octanol–water partition coefficient (Wildman–Crippen LogP) is 1.61. The Labute approximate surface area is 132 Å². The average molecular weight is 300 g/mol. The van der Waals surface area contributed by atoms with Gasteiger partial charge in [-0.05, 0) is 47.7 Å². The monoisotopic (exact) mass is 299 g/mol. The van der Waals surface area contributed by atoms with Gasteiger partial charge in [0.2, 0.25) is 0 Å². The van der Waals surface area contributed by atoms with Crippen molar-refractivity contribution in [2.75, 3.05) is 46.8 Å². The van der Waals surface area contributed by atoms with Crippen LogP contribution in [0.3, 0.4) is 0 Å². The number of aliphatic imine (C=N–C) groups is 1. The van der Waals surface area contributed by atoms with Crippen LogP contribution in [-0.4, -0.2) is 74.7 Å². The molecule has 0 amide bonds. The van der Waals surface area contributed by atoms with Crippen molar-refractivity contribution in [2.45, 2.75) is 53.1 Å². The van der Waals surface area contributed by atoms with Crippen LogP contribution in [0.2, 0.25) is 0 Å². The molecule has 126 valence electrons. The van der Waals surface area contributed by atoms with Gasteiger partial charge in [-0.1, -0.05) is 6.92 Å². The maximum Gasteiger partial charge on any atom is 0.191 e. The second kappa shape index (κ2) is 11.8. The number of nitrogens with one attached hydrogen (secondary N) is 2. The minimum Gasteiger partial charge on any atom is -0.356 e. The molecule has 2 N–H and O–H groups in total. The van der Waals surface area contributed by atoms with E-state index in [2.05, 4.69) is 67.1 Å². The zero-order valence-corrected chi connectivity index (χ0v) is 15.2. The molecule has 5 nitrogen and oxygen atoms in total. The number of hydrogen-bond donors (Lipinski definition) is 2. The molecule has 0 unspecified atom stereocenters. The highest BCUT2D eigenvalue weighted by molar-refractivity contribution is 5.79. The molecule has 0 aliphatic rings. The third-order valence-corrected chi connectivity index (χ3v) is 3.76. The second-order valence-electron chi connectivity index (χ2n) is 6.10. The van der Waals surface area contributed by atoms with E-state index in [0.29, 0.717) is 12.1 Å². The molecule has 0 saturated heterocycles. The van der Waals surface area contributed by atoms with Crippen molar-refractivity contribution >= 4 is 5.96 Å². The highest BCUT2D eigenvalue weighted by Crippen LogP contribution is 2.05. The molecule has 0 fully saturated rings. The lowest BCUT2D eigenvalue weighted by Gasteiger charge is -2.30. The van der Waals surface area contributed by atoms with Gasteiger partial charge in [0.05, 0.1) is 0 Å². The molecule has 0 aliphatic heterocycles. The van der Waals surface area contributed by atoms with Crippen LogP contribution in [0.1, 0.15) is 41.0 Å². The minimum atomic E-state index is 0.604. The Balaban J connectivity index is 3.87. The van der Waals surface area contributed by atoms with Gasteiger partial charge in [0.1, 0.15) is 0 Å². The van der Waals surface area contributed by atoms with Gasteiger partial charge in [-0.15, -0.1) is 0 Å². The zero-order chi connectivity index (χ0) is 16.3. The van der Waals surface area contributed by atoms with Crippen molar-refractivity contribution in [3.63, 3.8) is 0 Å². The molecule has 0 atom stereocenters. The van der Waals surface area contributed by atoms with E-state index >= 15 is 0 Å². The topological polar surface area (TPSA) is 42.9 Å². The van der Waals surface area contributed by atoms with E-state index in [9.17, 15) is 0 Å². The predicted molar refractivity (Wildman–Crippen MR) is 94.1 cm³/mol. The van der Waals surface area contributed by atoms with Crippen molar-refractivity contribution in [1.82, 2.24) is 20.4 Å². The summed E-state index contributed by atoms with van der Waals surface area (Å²) in [5.41, 5.74) is 0. The maximum absolute atomic E-state index is 4.26. The Morgan fingerprint density at radius 3 is 2.05 bits per heavy atom. The van der Waals surface area contributed by atoms with E-state index in [0.717, 1.165) is 45.1 Å². The minimum absolute atomic E-state index is 0.604. The van der Waals surface area contributed by atoms with Crippen molar-refractivity contribution in [3.05, 3.63) is 0 Å². The molecule has 0 rings (SSSR count). The van der Waals surface area contributed by atoms with Gasteiger partial charge in [0, 0.05) is 45.3 Å². The summed E-state index contributed by atoms with van der Waals surface area (Å²) in [7, 11) is 3.96. The van der Waals surface area contributed by atoms with Gasteiger partial charge in [0.25, 0.3) is 0 Å². The summed E-state index contributed by atoms with van der Waals surface area (Å²) >= 11 is 0. The zero-order valence-electron chi connectivity index (χ0n) is 15.2. The smallest absolute Gasteiger partial charge is 0.191 e. The third-order valence-electron chi connectivity index (χ3n) is 3.76. The Hall–Kier alpha value is -0.810. The van der Waals surface area contributed by atoms with Gasteiger partial charge in [0.15, 0.2) is 5.96 Å². The molecule has 5 heteroatoms. The molecule has 0 aromatic rings. The lowest BCUT2D eigenvalue weighted by Crippen LogP contribution is -2.43. The van der Waals surface area contributed by atoms with E-state index < -0.39 is 0 Å². The Morgan fingerprint density at radius 1 is 1.00 bits per heavy atom. The molecular formula is C16H37N5. The van der Waals surface area contributed by atoms with Crippen LogP contribution in [0.25, 0.3) is 0 Å². The number of likely N-dealkylation sites (N-methyl/N-ethyl adjacent to an activating group) is 1. The molecule has 0 spiro atoms. The quantitative estimate of drug-likeness (QED) is 0.365. The van der Waals surface area contributed by atoms with Crippen LogP contribution in [-0.2, 0) is 0 Å². The fourth-order valence-corrected chi connectivity index (χ4v) is 2.32. The molecule has 21 heavy (non-hydrogen) atoms. The number of guanidine groups is 1. The van der Waals surface area contributed by atoms with Crippen molar-refractivity contribution in [1.29, 1.82) is 0 Å². The van der Waals surface area contributed by atoms with Crippen molar-refractivity contribution in [2.24, 2.45) is 4.99 Å². The Morgan fingerprint density at radius 2 is 1.57 bits per heavy atom. The molecule has 0 radical (unpaired) electrons. The van der Waals surface area contributed by atoms with Crippen LogP contribution in [0.15, 0.2) is 4.99 Å². The lowest BCUT2D eigenvalue weighted by molar-refractivity contribution is 0.173. The van der Waals surface area contributed by atoms with E-state index in [1.165, 1.54) is 0 Å². The van der Waals surface area contributed by atoms with E-state index in [1.807, 2.05) is 7.05 Å². The molecule has 0 bridgehead atoms. The number of hydrogen-bond acceptors (Lipinski definition) is 3. The van der Waals surface area contributed by atoms with Crippen LogP contribution in [0.4, 0.5) is 0 Å². The van der Waals surface area contributed by atoms with Gasteiger partial charge in [-0.25, -0.2) is 0 Å². The summed E-state index contributed by atoms with van der Waals surface area (Å²) < 4.78 is 0. The molecular weight excluding hydrogens is 262 g/mol. The van der Waals surface area contributed by atoms with Crippen LogP contribution >= 0.6 is 0 Å². The second-order valence-corrected chi connectivity index (χ2v) is 6.10. The van der Waals surface area contributed by atoms with Crippen molar-refractivity contribution in [3.8, 4) is 0 Å². The fourth-order valence-electron chi connectivity index (χ4n) is 2.32. The summed E-state index contributed by atoms with van der Waals surface area (Å²) in [5, 5.41) is 6.74. The summed E-state index contributed by atoms with van der Waals surface area (Å²) in [5.74, 6) is 0.903. The SMILES string of the molecule is CCN(C)CCNC(=NC)NCCCN(C(C)C)C(C)C. The molecule has 0 aromatic carbocycles. The van der Waals surface area contributed by atoms with Crippen LogP contribution in [0, 0.1) is 0 Å². The maximum atomic E-state index is 4.26. The molecule has 0 aliphatic carbocycles. The Kier molecular flexibility index (Phi) is 11.4. The highest BCUT2D eigenvalue weighted by atomic mass is 15.2. The lowest BCUT2D eigenvalue weighted by atomic mass is 10.2. The number of rotatable bonds is 10. The molecule has 0 heterocycles. The van der Waals surface area contributed by atoms with Gasteiger partial charge < -0.3 is 15.5 Å². The summed E-state index contributed by atoms with van der Waals surface area (Å²) in [6.07, 6.45) is 1.13. The van der Waals surface area contributed by atoms with E-state index in [4.69, 9.17) is 0 Å². The van der Waals surface area contributed by atoms with Crippen molar-refractivity contribution < 1.29 is 0 Å². The van der Waals surface area contributed by atoms with Crippen LogP contribution < -0.4 is 10.6 Å². The summed E-state index contributed by atoms with van der Waals surface area (Å²) in [6, 6.07) is 1.21. The normalized spacial score (nSPS) is 12.8. The first-order valence-electron chi connectivity index (χ1n) is 8.31. The summed E-state index contributed by atoms with van der Waals surface area (Å²) in [4.78, 5) is 9.06. The first-order chi connectivity index (χ1) is 9.92. The first kappa shape index (κ1) is 20.2.